The van der Waals surface area contributed by atoms with E-state index in [9.17, 15) is 9.59 Å². The fourth-order valence-corrected chi connectivity index (χ4v) is 4.68. The second kappa shape index (κ2) is 11.0. The number of carbonyl (C=O) groups excluding carboxylic acids is 2. The number of likely N-dealkylation sites (N-methyl/N-ethyl adjacent to an activating group) is 1. The fourth-order valence-electron chi connectivity index (χ4n) is 4.28. The second-order valence-electron chi connectivity index (χ2n) is 8.84. The van der Waals surface area contributed by atoms with E-state index < -0.39 is 5.60 Å². The zero-order valence-corrected chi connectivity index (χ0v) is 20.7. The highest BCUT2D eigenvalue weighted by Crippen LogP contribution is 2.28. The maximum Gasteiger partial charge on any atom is 0.255 e. The van der Waals surface area contributed by atoms with Crippen LogP contribution in [0, 0.1) is 0 Å². The van der Waals surface area contributed by atoms with Crippen molar-refractivity contribution >= 4 is 35.0 Å². The molecule has 2 aliphatic rings. The van der Waals surface area contributed by atoms with Crippen molar-refractivity contribution in [3.05, 3.63) is 64.1 Å². The Kier molecular flexibility index (Phi) is 7.99. The number of piperazine rings is 1. The van der Waals surface area contributed by atoms with E-state index in [0.29, 0.717) is 47.6 Å². The molecule has 1 atom stereocenters. The maximum atomic E-state index is 13.3. The van der Waals surface area contributed by atoms with Gasteiger partial charge in [-0.15, -0.1) is 0 Å². The monoisotopic (exact) mass is 505 g/mol. The first kappa shape index (κ1) is 24.8. The molecule has 2 heterocycles. The molecule has 2 aromatic carbocycles. The van der Waals surface area contributed by atoms with E-state index in [-0.39, 0.29) is 31.4 Å². The summed E-state index contributed by atoms with van der Waals surface area (Å²) in [6.07, 6.45) is 0.115. The van der Waals surface area contributed by atoms with Crippen LogP contribution in [0.15, 0.2) is 48.5 Å². The van der Waals surface area contributed by atoms with Crippen molar-refractivity contribution in [2.75, 3.05) is 59.5 Å². The van der Waals surface area contributed by atoms with Gasteiger partial charge in [0.05, 0.1) is 30.2 Å². The molecule has 34 heavy (non-hydrogen) atoms. The van der Waals surface area contributed by atoms with Crippen molar-refractivity contribution in [2.45, 2.75) is 12.0 Å². The van der Waals surface area contributed by atoms with E-state index in [2.05, 4.69) is 4.90 Å². The van der Waals surface area contributed by atoms with E-state index in [4.69, 9.17) is 32.7 Å². The van der Waals surface area contributed by atoms with Crippen LogP contribution in [0.25, 0.3) is 0 Å². The minimum absolute atomic E-state index is 0.00478. The number of benzene rings is 2. The third-order valence-electron chi connectivity index (χ3n) is 6.27. The van der Waals surface area contributed by atoms with Gasteiger partial charge in [-0.2, -0.15) is 0 Å². The van der Waals surface area contributed by atoms with Crippen molar-refractivity contribution in [2.24, 2.45) is 0 Å². The highest BCUT2D eigenvalue weighted by atomic mass is 35.5. The Bertz CT molecular complexity index is 1030. The van der Waals surface area contributed by atoms with Gasteiger partial charge in [0.2, 0.25) is 5.91 Å². The Hall–Kier alpha value is -2.32. The second-order valence-corrected chi connectivity index (χ2v) is 9.69. The third kappa shape index (κ3) is 6.02. The highest BCUT2D eigenvalue weighted by molar-refractivity contribution is 6.33. The molecular formula is C25H29Cl2N3O4. The summed E-state index contributed by atoms with van der Waals surface area (Å²) >= 11 is 12.4. The molecule has 4 rings (SSSR count). The van der Waals surface area contributed by atoms with E-state index in [1.165, 1.54) is 0 Å². The van der Waals surface area contributed by atoms with Crippen LogP contribution in [-0.4, -0.2) is 91.6 Å². The van der Waals surface area contributed by atoms with Crippen LogP contribution in [0.5, 0.6) is 5.75 Å². The molecular weight excluding hydrogens is 477 g/mol. The smallest absolute Gasteiger partial charge is 0.255 e. The molecule has 0 bridgehead atoms. The molecule has 2 amide bonds. The van der Waals surface area contributed by atoms with Gasteiger partial charge < -0.3 is 24.2 Å². The quantitative estimate of drug-likeness (QED) is 0.601. The lowest BCUT2D eigenvalue weighted by molar-refractivity contribution is -0.154. The van der Waals surface area contributed by atoms with E-state index in [1.807, 2.05) is 11.9 Å². The predicted molar refractivity (Wildman–Crippen MR) is 132 cm³/mol. The number of ether oxygens (including phenoxy) is 2. The summed E-state index contributed by atoms with van der Waals surface area (Å²) in [5, 5.41) is 0.952. The first-order valence-electron chi connectivity index (χ1n) is 11.4. The number of carbonyl (C=O) groups is 2. The van der Waals surface area contributed by atoms with Gasteiger partial charge in [-0.05, 0) is 37.4 Å². The number of rotatable bonds is 6. The lowest BCUT2D eigenvalue weighted by Gasteiger charge is -2.43. The van der Waals surface area contributed by atoms with Gasteiger partial charge in [0.15, 0.2) is 0 Å². The standard InChI is InChI=1S/C25H29Cl2N3O4/c1-28-9-11-29(12-10-28)23(31)16-25(18-33-20-6-4-5-19(26)15-20)17-30(13-14-34-25)24(32)21-7-2-3-8-22(21)27/h2-8,15H,9-14,16-18H2,1H3/t25-/m0/s1. The Morgan fingerprint density at radius 3 is 2.50 bits per heavy atom. The molecule has 0 aliphatic carbocycles. The number of amides is 2. The van der Waals surface area contributed by atoms with Crippen LogP contribution in [0.4, 0.5) is 0 Å². The third-order valence-corrected chi connectivity index (χ3v) is 6.83. The van der Waals surface area contributed by atoms with E-state index in [0.717, 1.165) is 13.1 Å². The Morgan fingerprint density at radius 1 is 1.00 bits per heavy atom. The average molecular weight is 506 g/mol. The molecule has 0 N–H and O–H groups in total. The first-order valence-corrected chi connectivity index (χ1v) is 12.1. The van der Waals surface area contributed by atoms with Crippen LogP contribution in [0.3, 0.4) is 0 Å². The average Bonchev–Trinajstić information content (AvgIpc) is 2.83. The van der Waals surface area contributed by atoms with Crippen molar-refractivity contribution in [1.82, 2.24) is 14.7 Å². The van der Waals surface area contributed by atoms with Gasteiger partial charge in [-0.1, -0.05) is 41.4 Å². The normalized spacial score (nSPS) is 21.4. The summed E-state index contributed by atoms with van der Waals surface area (Å²) < 4.78 is 12.2. The molecule has 2 aromatic rings. The minimum Gasteiger partial charge on any atom is -0.490 e. The van der Waals surface area contributed by atoms with Crippen LogP contribution >= 0.6 is 23.2 Å². The van der Waals surface area contributed by atoms with Crippen LogP contribution < -0.4 is 4.74 Å². The Morgan fingerprint density at radius 2 is 1.76 bits per heavy atom. The van der Waals surface area contributed by atoms with Crippen LogP contribution in [-0.2, 0) is 9.53 Å². The van der Waals surface area contributed by atoms with Gasteiger partial charge in [-0.25, -0.2) is 0 Å². The molecule has 7 nitrogen and oxygen atoms in total. The van der Waals surface area contributed by atoms with E-state index in [1.54, 1.807) is 53.4 Å². The molecule has 0 saturated carbocycles. The summed E-state index contributed by atoms with van der Waals surface area (Å²) in [5.41, 5.74) is -0.557. The van der Waals surface area contributed by atoms with Crippen molar-refractivity contribution < 1.29 is 19.1 Å². The SMILES string of the molecule is CN1CCN(C(=O)C[C@@]2(COc3cccc(Cl)c3)CN(C(=O)c3ccccc3Cl)CCO2)CC1. The Balaban J connectivity index is 1.54. The molecule has 2 fully saturated rings. The summed E-state index contributed by atoms with van der Waals surface area (Å²) in [6.45, 7) is 4.03. The molecule has 0 spiro atoms. The molecule has 2 aliphatic heterocycles. The first-order chi connectivity index (χ1) is 16.3. The number of hydrogen-bond donors (Lipinski definition) is 0. The molecule has 2 saturated heterocycles. The fraction of sp³-hybridized carbons (Fsp3) is 0.440. The summed E-state index contributed by atoms with van der Waals surface area (Å²) in [7, 11) is 2.05. The van der Waals surface area contributed by atoms with Crippen molar-refractivity contribution in [1.29, 1.82) is 0 Å². The van der Waals surface area contributed by atoms with Crippen molar-refractivity contribution in [3.8, 4) is 5.75 Å². The maximum absolute atomic E-state index is 13.3. The highest BCUT2D eigenvalue weighted by Gasteiger charge is 2.43. The molecule has 0 aromatic heterocycles. The summed E-state index contributed by atoms with van der Waals surface area (Å²) in [5.74, 6) is 0.389. The van der Waals surface area contributed by atoms with Gasteiger partial charge in [0.25, 0.3) is 5.91 Å². The molecule has 182 valence electrons. The van der Waals surface area contributed by atoms with Crippen molar-refractivity contribution in [3.63, 3.8) is 0 Å². The van der Waals surface area contributed by atoms with Gasteiger partial charge in [0.1, 0.15) is 18.0 Å². The van der Waals surface area contributed by atoms with Crippen LogP contribution in [0.2, 0.25) is 10.0 Å². The number of hydrogen-bond acceptors (Lipinski definition) is 5. The molecule has 9 heteroatoms. The predicted octanol–water partition coefficient (Wildman–Crippen LogP) is 3.45. The van der Waals surface area contributed by atoms with E-state index >= 15 is 0 Å². The number of nitrogens with zero attached hydrogens (tertiary/aromatic N) is 3. The molecule has 0 unspecified atom stereocenters. The summed E-state index contributed by atoms with van der Waals surface area (Å²) in [6, 6.07) is 14.1. The number of morpholine rings is 1. The minimum atomic E-state index is -0.988. The largest absolute Gasteiger partial charge is 0.490 e. The lowest BCUT2D eigenvalue weighted by atomic mass is 9.96. The Labute approximate surface area is 210 Å². The van der Waals surface area contributed by atoms with Gasteiger partial charge in [-0.3, -0.25) is 9.59 Å². The topological polar surface area (TPSA) is 62.3 Å². The molecule has 0 radical (unpaired) electrons. The van der Waals surface area contributed by atoms with Crippen LogP contribution in [0.1, 0.15) is 16.8 Å². The van der Waals surface area contributed by atoms with Gasteiger partial charge in [0, 0.05) is 37.7 Å². The van der Waals surface area contributed by atoms with Gasteiger partial charge >= 0.3 is 0 Å². The number of halogens is 2. The lowest BCUT2D eigenvalue weighted by Crippen LogP contribution is -2.59. The summed E-state index contributed by atoms with van der Waals surface area (Å²) in [4.78, 5) is 32.3. The zero-order valence-electron chi connectivity index (χ0n) is 19.2. The zero-order chi connectivity index (χ0) is 24.1.